The van der Waals surface area contributed by atoms with Crippen LogP contribution in [0.2, 0.25) is 0 Å². The highest BCUT2D eigenvalue weighted by molar-refractivity contribution is 7.99. The van der Waals surface area contributed by atoms with Crippen molar-refractivity contribution in [2.45, 2.75) is 11.8 Å². The molecule has 2 aromatic carbocycles. The molecule has 5 nitrogen and oxygen atoms in total. The second kappa shape index (κ2) is 7.06. The van der Waals surface area contributed by atoms with Gasteiger partial charge in [-0.2, -0.15) is 0 Å². The van der Waals surface area contributed by atoms with Gasteiger partial charge in [0, 0.05) is 10.6 Å². The van der Waals surface area contributed by atoms with Crippen LogP contribution in [0.4, 0.5) is 4.39 Å². The molecule has 2 amide bonds. The predicted octanol–water partition coefficient (Wildman–Crippen LogP) is 3.31. The standard InChI is InChI=1S/C18H14FNO4S/c1-11(10-25-13-8-6-12(19)7-9-13)18(23)24-20-16(21)14-4-2-3-5-15(14)17(20)22/h2-9,11H,10H2,1H3. The highest BCUT2D eigenvalue weighted by atomic mass is 32.2. The zero-order chi connectivity index (χ0) is 18.0. The van der Waals surface area contributed by atoms with E-state index in [0.29, 0.717) is 10.8 Å². The first-order valence-electron chi connectivity index (χ1n) is 7.55. The minimum Gasteiger partial charge on any atom is -0.329 e. The molecule has 0 aromatic heterocycles. The molecule has 1 aliphatic heterocycles. The van der Waals surface area contributed by atoms with Crippen LogP contribution >= 0.6 is 11.8 Å². The van der Waals surface area contributed by atoms with Crippen LogP contribution in [0.25, 0.3) is 0 Å². The summed E-state index contributed by atoms with van der Waals surface area (Å²) in [6.07, 6.45) is 0. The summed E-state index contributed by atoms with van der Waals surface area (Å²) >= 11 is 1.36. The van der Waals surface area contributed by atoms with Crippen molar-refractivity contribution in [2.75, 3.05) is 5.75 Å². The molecule has 128 valence electrons. The lowest BCUT2D eigenvalue weighted by atomic mass is 10.1. The normalized spacial score (nSPS) is 14.4. The van der Waals surface area contributed by atoms with Crippen molar-refractivity contribution in [1.82, 2.24) is 5.06 Å². The van der Waals surface area contributed by atoms with Crippen molar-refractivity contribution < 1.29 is 23.6 Å². The Kier molecular flexibility index (Phi) is 4.85. The predicted molar refractivity (Wildman–Crippen MR) is 89.3 cm³/mol. The monoisotopic (exact) mass is 359 g/mol. The molecule has 0 N–H and O–H groups in total. The zero-order valence-electron chi connectivity index (χ0n) is 13.3. The quantitative estimate of drug-likeness (QED) is 0.605. The molecule has 0 bridgehead atoms. The van der Waals surface area contributed by atoms with Gasteiger partial charge < -0.3 is 4.84 Å². The molecule has 7 heteroatoms. The molecule has 25 heavy (non-hydrogen) atoms. The number of carbonyl (C=O) groups excluding carboxylic acids is 3. The van der Waals surface area contributed by atoms with E-state index >= 15 is 0 Å². The maximum absolute atomic E-state index is 12.9. The molecule has 1 heterocycles. The summed E-state index contributed by atoms with van der Waals surface area (Å²) in [7, 11) is 0. The number of halogens is 1. The van der Waals surface area contributed by atoms with Crippen molar-refractivity contribution in [3.8, 4) is 0 Å². The second-order valence-electron chi connectivity index (χ2n) is 5.53. The van der Waals surface area contributed by atoms with Crippen molar-refractivity contribution in [3.05, 3.63) is 65.5 Å². The van der Waals surface area contributed by atoms with Crippen LogP contribution in [0.5, 0.6) is 0 Å². The van der Waals surface area contributed by atoms with Crippen LogP contribution in [0.1, 0.15) is 27.6 Å². The zero-order valence-corrected chi connectivity index (χ0v) is 14.1. The second-order valence-corrected chi connectivity index (χ2v) is 6.62. The van der Waals surface area contributed by atoms with Crippen LogP contribution in [0.3, 0.4) is 0 Å². The Labute approximate surface area is 147 Å². The van der Waals surface area contributed by atoms with Gasteiger partial charge in [-0.25, -0.2) is 9.18 Å². The number of hydrogen-bond acceptors (Lipinski definition) is 5. The molecule has 1 aliphatic rings. The van der Waals surface area contributed by atoms with Gasteiger partial charge in [-0.05, 0) is 36.4 Å². The Morgan fingerprint density at radius 1 is 1.08 bits per heavy atom. The minimum absolute atomic E-state index is 0.216. The minimum atomic E-state index is -0.677. The van der Waals surface area contributed by atoms with E-state index in [2.05, 4.69) is 0 Å². The molecule has 0 saturated carbocycles. The number of amides is 2. The molecule has 0 aliphatic carbocycles. The number of nitrogens with zero attached hydrogens (tertiary/aromatic N) is 1. The number of benzene rings is 2. The Morgan fingerprint density at radius 3 is 2.20 bits per heavy atom. The number of imide groups is 1. The fourth-order valence-corrected chi connectivity index (χ4v) is 3.16. The molecule has 1 atom stereocenters. The van der Waals surface area contributed by atoms with Crippen LogP contribution in [0.15, 0.2) is 53.4 Å². The topological polar surface area (TPSA) is 63.7 Å². The molecular weight excluding hydrogens is 345 g/mol. The van der Waals surface area contributed by atoms with Crippen LogP contribution in [0, 0.1) is 11.7 Å². The molecular formula is C18H14FNO4S. The summed E-state index contributed by atoms with van der Waals surface area (Å²) in [4.78, 5) is 42.3. The van der Waals surface area contributed by atoms with Crippen molar-refractivity contribution in [1.29, 1.82) is 0 Å². The molecule has 3 rings (SSSR count). The lowest BCUT2D eigenvalue weighted by Crippen LogP contribution is -2.35. The number of rotatable bonds is 5. The molecule has 0 radical (unpaired) electrons. The first kappa shape index (κ1) is 17.2. The van der Waals surface area contributed by atoms with Crippen LogP contribution in [-0.4, -0.2) is 28.6 Å². The van der Waals surface area contributed by atoms with Gasteiger partial charge >= 0.3 is 5.97 Å². The Bertz CT molecular complexity index is 802. The van der Waals surface area contributed by atoms with Gasteiger partial charge in [0.05, 0.1) is 17.0 Å². The SMILES string of the molecule is CC(CSc1ccc(F)cc1)C(=O)ON1C(=O)c2ccccc2C1=O. The van der Waals surface area contributed by atoms with E-state index < -0.39 is 23.7 Å². The maximum atomic E-state index is 12.9. The molecule has 2 aromatic rings. The summed E-state index contributed by atoms with van der Waals surface area (Å²) < 4.78 is 12.9. The van der Waals surface area contributed by atoms with Gasteiger partial charge in [-0.1, -0.05) is 24.1 Å². The van der Waals surface area contributed by atoms with Gasteiger partial charge in [0.15, 0.2) is 0 Å². The van der Waals surface area contributed by atoms with Crippen LogP contribution in [-0.2, 0) is 9.63 Å². The average Bonchev–Trinajstić information content (AvgIpc) is 2.86. The fourth-order valence-electron chi connectivity index (χ4n) is 2.25. The van der Waals surface area contributed by atoms with Gasteiger partial charge in [-0.3, -0.25) is 9.59 Å². The largest absolute Gasteiger partial charge is 0.336 e. The Morgan fingerprint density at radius 2 is 1.64 bits per heavy atom. The molecule has 0 saturated heterocycles. The van der Waals surface area contributed by atoms with E-state index in [4.69, 9.17) is 4.84 Å². The van der Waals surface area contributed by atoms with E-state index in [-0.39, 0.29) is 16.9 Å². The summed E-state index contributed by atoms with van der Waals surface area (Å²) in [5.41, 5.74) is 0.433. The summed E-state index contributed by atoms with van der Waals surface area (Å²) in [6, 6.07) is 12.2. The fraction of sp³-hybridized carbons (Fsp3) is 0.167. The number of thioether (sulfide) groups is 1. The number of carbonyl (C=O) groups is 3. The number of hydroxylamine groups is 2. The number of hydrogen-bond donors (Lipinski definition) is 0. The summed E-state index contributed by atoms with van der Waals surface area (Å²) in [5, 5.41) is 0.506. The van der Waals surface area contributed by atoms with E-state index in [1.54, 1.807) is 31.2 Å². The van der Waals surface area contributed by atoms with Crippen LogP contribution < -0.4 is 0 Å². The first-order valence-corrected chi connectivity index (χ1v) is 8.54. The molecule has 0 spiro atoms. The maximum Gasteiger partial charge on any atom is 0.336 e. The third kappa shape index (κ3) is 3.56. The average molecular weight is 359 g/mol. The number of fused-ring (bicyclic) bond motifs is 1. The highest BCUT2D eigenvalue weighted by Crippen LogP contribution is 2.25. The van der Waals surface area contributed by atoms with E-state index in [0.717, 1.165) is 4.90 Å². The van der Waals surface area contributed by atoms with Crippen molar-refractivity contribution in [2.24, 2.45) is 5.92 Å². The van der Waals surface area contributed by atoms with Crippen molar-refractivity contribution >= 4 is 29.5 Å². The molecule has 0 fully saturated rings. The summed E-state index contributed by atoms with van der Waals surface area (Å²) in [6.45, 7) is 1.64. The Hall–Kier alpha value is -2.67. The smallest absolute Gasteiger partial charge is 0.329 e. The van der Waals surface area contributed by atoms with Gasteiger partial charge in [0.2, 0.25) is 0 Å². The van der Waals surface area contributed by atoms with E-state index in [9.17, 15) is 18.8 Å². The third-order valence-corrected chi connectivity index (χ3v) is 4.93. The highest BCUT2D eigenvalue weighted by Gasteiger charge is 2.39. The summed E-state index contributed by atoms with van der Waals surface area (Å²) in [5.74, 6) is -2.49. The molecule has 1 unspecified atom stereocenters. The lowest BCUT2D eigenvalue weighted by molar-refractivity contribution is -0.172. The Balaban J connectivity index is 1.59. The lowest BCUT2D eigenvalue weighted by Gasteiger charge is -2.16. The van der Waals surface area contributed by atoms with Gasteiger partial charge in [-0.15, -0.1) is 11.8 Å². The van der Waals surface area contributed by atoms with E-state index in [1.807, 2.05) is 0 Å². The van der Waals surface area contributed by atoms with Crippen molar-refractivity contribution in [3.63, 3.8) is 0 Å². The first-order chi connectivity index (χ1) is 12.0. The van der Waals surface area contributed by atoms with E-state index in [1.165, 1.54) is 36.0 Å². The third-order valence-electron chi connectivity index (χ3n) is 3.65. The van der Waals surface area contributed by atoms with Gasteiger partial charge in [0.25, 0.3) is 11.8 Å². The van der Waals surface area contributed by atoms with Gasteiger partial charge in [0.1, 0.15) is 5.82 Å².